The first-order chi connectivity index (χ1) is 17.1. The number of hydrogen-bond acceptors (Lipinski definition) is 5. The van der Waals surface area contributed by atoms with Crippen molar-refractivity contribution < 1.29 is 19.1 Å². The molecule has 3 aromatic carbocycles. The summed E-state index contributed by atoms with van der Waals surface area (Å²) in [7, 11) is 0. The van der Waals surface area contributed by atoms with Crippen molar-refractivity contribution in [3.8, 4) is 0 Å². The summed E-state index contributed by atoms with van der Waals surface area (Å²) in [6, 6.07) is 23.2. The molecule has 0 aliphatic heterocycles. The fourth-order valence-corrected chi connectivity index (χ4v) is 4.86. The smallest absolute Gasteiger partial charge is 0.338 e. The molecule has 1 heterocycles. The zero-order valence-electron chi connectivity index (χ0n) is 19.9. The van der Waals surface area contributed by atoms with E-state index >= 15 is 0 Å². The Bertz CT molecular complexity index is 1370. The van der Waals surface area contributed by atoms with E-state index in [0.717, 1.165) is 22.2 Å². The number of hydrogen-bond donors (Lipinski definition) is 0. The minimum absolute atomic E-state index is 0.307. The van der Waals surface area contributed by atoms with Crippen molar-refractivity contribution in [1.82, 2.24) is 4.57 Å². The standard InChI is InChI=1S/C28H28N2O4S/c1-3-33-17-16-30-24-15-14-23(27(32)34-4-2)19-25(24)35-28(30)29-26(31)22-12-10-21(11-13-22)18-20-8-6-5-7-9-20/h5-15,19H,3-4,16-18H2,1-2H3. The fraction of sp³-hybridized carbons (Fsp3) is 0.250. The van der Waals surface area contributed by atoms with Crippen LogP contribution in [0.4, 0.5) is 0 Å². The number of esters is 1. The molecule has 0 radical (unpaired) electrons. The Kier molecular flexibility index (Phi) is 8.23. The summed E-state index contributed by atoms with van der Waals surface area (Å²) in [4.78, 5) is 30.2. The van der Waals surface area contributed by atoms with Crippen molar-refractivity contribution in [2.45, 2.75) is 26.8 Å². The number of fused-ring (bicyclic) bond motifs is 1. The predicted octanol–water partition coefficient (Wildman–Crippen LogP) is 5.25. The summed E-state index contributed by atoms with van der Waals surface area (Å²) >= 11 is 1.37. The van der Waals surface area contributed by atoms with Crippen molar-refractivity contribution in [3.05, 3.63) is 99.9 Å². The van der Waals surface area contributed by atoms with Gasteiger partial charge in [-0.3, -0.25) is 4.79 Å². The Morgan fingerprint density at radius 1 is 0.886 bits per heavy atom. The van der Waals surface area contributed by atoms with Crippen LogP contribution in [-0.4, -0.2) is 36.3 Å². The number of amides is 1. The summed E-state index contributed by atoms with van der Waals surface area (Å²) in [6.07, 6.45) is 0.809. The van der Waals surface area contributed by atoms with Crippen LogP contribution >= 0.6 is 11.3 Å². The fourth-order valence-electron chi connectivity index (χ4n) is 3.76. The van der Waals surface area contributed by atoms with E-state index in [1.54, 1.807) is 19.1 Å². The molecule has 4 rings (SSSR count). The quantitative estimate of drug-likeness (QED) is 0.238. The van der Waals surface area contributed by atoms with Gasteiger partial charge in [-0.2, -0.15) is 4.99 Å². The number of carbonyl (C=O) groups excluding carboxylic acids is 2. The topological polar surface area (TPSA) is 69.9 Å². The van der Waals surface area contributed by atoms with Crippen molar-refractivity contribution in [1.29, 1.82) is 0 Å². The number of aromatic nitrogens is 1. The van der Waals surface area contributed by atoms with Gasteiger partial charge in [0.2, 0.25) is 0 Å². The number of benzene rings is 3. The third-order valence-electron chi connectivity index (χ3n) is 5.51. The highest BCUT2D eigenvalue weighted by atomic mass is 32.1. The van der Waals surface area contributed by atoms with Crippen LogP contribution in [-0.2, 0) is 22.4 Å². The highest BCUT2D eigenvalue weighted by Gasteiger charge is 2.13. The van der Waals surface area contributed by atoms with Gasteiger partial charge in [0.15, 0.2) is 4.80 Å². The van der Waals surface area contributed by atoms with Gasteiger partial charge in [-0.15, -0.1) is 0 Å². The average Bonchev–Trinajstić information content (AvgIpc) is 3.21. The Balaban J connectivity index is 1.63. The van der Waals surface area contributed by atoms with Gasteiger partial charge in [0.1, 0.15) is 0 Å². The molecule has 0 atom stereocenters. The molecule has 0 aliphatic rings. The zero-order valence-corrected chi connectivity index (χ0v) is 20.7. The summed E-state index contributed by atoms with van der Waals surface area (Å²) in [5, 5.41) is 0. The van der Waals surface area contributed by atoms with Crippen LogP contribution in [0.25, 0.3) is 10.2 Å². The molecule has 6 nitrogen and oxygen atoms in total. The van der Waals surface area contributed by atoms with E-state index in [4.69, 9.17) is 9.47 Å². The molecule has 0 unspecified atom stereocenters. The molecule has 1 aromatic heterocycles. The van der Waals surface area contributed by atoms with Gasteiger partial charge in [0, 0.05) is 18.7 Å². The third kappa shape index (κ3) is 6.12. The molecule has 1 amide bonds. The van der Waals surface area contributed by atoms with Gasteiger partial charge in [-0.05, 0) is 61.7 Å². The minimum atomic E-state index is -0.367. The molecule has 0 spiro atoms. The third-order valence-corrected chi connectivity index (χ3v) is 6.55. The van der Waals surface area contributed by atoms with Gasteiger partial charge in [0.25, 0.3) is 5.91 Å². The van der Waals surface area contributed by atoms with E-state index in [2.05, 4.69) is 17.1 Å². The molecule has 0 bridgehead atoms. The summed E-state index contributed by atoms with van der Waals surface area (Å²) in [5.41, 5.74) is 4.26. The van der Waals surface area contributed by atoms with Gasteiger partial charge >= 0.3 is 5.97 Å². The van der Waals surface area contributed by atoms with Crippen molar-refractivity contribution >= 4 is 33.4 Å². The van der Waals surface area contributed by atoms with Gasteiger partial charge in [-0.1, -0.05) is 53.8 Å². The first-order valence-electron chi connectivity index (χ1n) is 11.7. The lowest BCUT2D eigenvalue weighted by molar-refractivity contribution is 0.0526. The van der Waals surface area contributed by atoms with E-state index in [-0.39, 0.29) is 11.9 Å². The lowest BCUT2D eigenvalue weighted by Gasteiger charge is -2.06. The predicted molar refractivity (Wildman–Crippen MR) is 138 cm³/mol. The van der Waals surface area contributed by atoms with Crippen LogP contribution in [0, 0.1) is 0 Å². The van der Waals surface area contributed by atoms with Gasteiger partial charge in [-0.25, -0.2) is 4.79 Å². The summed E-state index contributed by atoms with van der Waals surface area (Å²) in [5.74, 6) is -0.674. The molecule has 0 N–H and O–H groups in total. The second kappa shape index (κ2) is 11.7. The van der Waals surface area contributed by atoms with Crippen molar-refractivity contribution in [2.24, 2.45) is 4.99 Å². The van der Waals surface area contributed by atoms with E-state index in [1.165, 1.54) is 16.9 Å². The van der Waals surface area contributed by atoms with Crippen molar-refractivity contribution in [2.75, 3.05) is 19.8 Å². The maximum Gasteiger partial charge on any atom is 0.338 e. The number of rotatable bonds is 9. The molecule has 4 aromatic rings. The maximum absolute atomic E-state index is 13.0. The van der Waals surface area contributed by atoms with Crippen molar-refractivity contribution in [3.63, 3.8) is 0 Å². The Morgan fingerprint density at radius 2 is 1.60 bits per heavy atom. The van der Waals surface area contributed by atoms with E-state index < -0.39 is 0 Å². The molecule has 35 heavy (non-hydrogen) atoms. The molecular weight excluding hydrogens is 460 g/mol. The number of carbonyl (C=O) groups is 2. The van der Waals surface area contributed by atoms with E-state index in [1.807, 2.05) is 60.0 Å². The van der Waals surface area contributed by atoms with Crippen LogP contribution in [0.15, 0.2) is 77.8 Å². The van der Waals surface area contributed by atoms with Gasteiger partial charge in [0.05, 0.1) is 29.0 Å². The summed E-state index contributed by atoms with van der Waals surface area (Å²) < 4.78 is 13.5. The monoisotopic (exact) mass is 488 g/mol. The maximum atomic E-state index is 13.0. The number of nitrogens with zero attached hydrogens (tertiary/aromatic N) is 2. The van der Waals surface area contributed by atoms with Crippen LogP contribution in [0.5, 0.6) is 0 Å². The molecule has 180 valence electrons. The first kappa shape index (κ1) is 24.6. The summed E-state index contributed by atoms with van der Waals surface area (Å²) in [6.45, 7) is 5.69. The lowest BCUT2D eigenvalue weighted by atomic mass is 10.0. The van der Waals surface area contributed by atoms with Crippen LogP contribution in [0.1, 0.15) is 45.7 Å². The highest BCUT2D eigenvalue weighted by Crippen LogP contribution is 2.20. The molecule has 0 aliphatic carbocycles. The highest BCUT2D eigenvalue weighted by molar-refractivity contribution is 7.16. The van der Waals surface area contributed by atoms with Gasteiger partial charge < -0.3 is 14.0 Å². The largest absolute Gasteiger partial charge is 0.462 e. The lowest BCUT2D eigenvalue weighted by Crippen LogP contribution is -2.19. The molecule has 0 saturated heterocycles. The van der Waals surface area contributed by atoms with Crippen LogP contribution in [0.3, 0.4) is 0 Å². The molecular formula is C28H28N2O4S. The molecule has 0 saturated carbocycles. The SMILES string of the molecule is CCOCCn1c(=NC(=O)c2ccc(Cc3ccccc3)cc2)sc2cc(C(=O)OCC)ccc21. The normalized spacial score (nSPS) is 11.7. The van der Waals surface area contributed by atoms with Crippen LogP contribution in [0.2, 0.25) is 0 Å². The Hall–Kier alpha value is -3.55. The second-order valence-electron chi connectivity index (χ2n) is 7.91. The average molecular weight is 489 g/mol. The Labute approximate surface area is 208 Å². The number of thiazole rings is 1. The van der Waals surface area contributed by atoms with E-state index in [9.17, 15) is 9.59 Å². The van der Waals surface area contributed by atoms with Crippen LogP contribution < -0.4 is 4.80 Å². The zero-order chi connectivity index (χ0) is 24.6. The first-order valence-corrected chi connectivity index (χ1v) is 12.5. The van der Waals surface area contributed by atoms with E-state index in [0.29, 0.717) is 42.3 Å². The second-order valence-corrected chi connectivity index (χ2v) is 8.92. The number of ether oxygens (including phenoxy) is 2. The minimum Gasteiger partial charge on any atom is -0.462 e. The molecule has 7 heteroatoms. The molecule has 0 fully saturated rings. The Morgan fingerprint density at radius 3 is 2.31 bits per heavy atom.